The summed E-state index contributed by atoms with van der Waals surface area (Å²) in [7, 11) is -3.86. The number of rotatable bonds is 7. The minimum atomic E-state index is -3.86. The van der Waals surface area contributed by atoms with E-state index in [1.54, 1.807) is 38.1 Å². The van der Waals surface area contributed by atoms with Crippen molar-refractivity contribution in [1.82, 2.24) is 10.0 Å². The number of carbonyl (C=O) groups is 2. The standard InChI is InChI=1S/C22H30IN3O4S/c1-21(2,26-31(29,30)17-6-4-3-5-14(17)12-23)20(28)25-18-15-7-13-8-16(18)11-22(9-13,10-15)19(24)27/h3-6,13,15-16,18,26H,7-12H2,1-2H3,(H2,24,27)(H,25,28). The lowest BCUT2D eigenvalue weighted by Gasteiger charge is -2.59. The maximum Gasteiger partial charge on any atom is 0.241 e. The molecule has 4 N–H and O–H groups in total. The number of benzene rings is 1. The van der Waals surface area contributed by atoms with Crippen LogP contribution >= 0.6 is 22.6 Å². The van der Waals surface area contributed by atoms with Crippen LogP contribution in [-0.4, -0.2) is 31.8 Å². The van der Waals surface area contributed by atoms with Gasteiger partial charge < -0.3 is 11.1 Å². The highest BCUT2D eigenvalue weighted by molar-refractivity contribution is 14.1. The summed E-state index contributed by atoms with van der Waals surface area (Å²) in [6.45, 7) is 3.18. The van der Waals surface area contributed by atoms with Crippen molar-refractivity contribution in [2.45, 2.75) is 66.9 Å². The third-order valence-corrected chi connectivity index (χ3v) is 10.0. The van der Waals surface area contributed by atoms with Crippen molar-refractivity contribution in [2.24, 2.45) is 28.9 Å². The van der Waals surface area contributed by atoms with Crippen molar-refractivity contribution in [3.63, 3.8) is 0 Å². The largest absolute Gasteiger partial charge is 0.369 e. The highest BCUT2D eigenvalue weighted by Gasteiger charge is 2.58. The second-order valence-corrected chi connectivity index (χ2v) is 12.5. The Morgan fingerprint density at radius 1 is 1.16 bits per heavy atom. The fourth-order valence-corrected chi connectivity index (χ4v) is 8.75. The van der Waals surface area contributed by atoms with E-state index in [0.717, 1.165) is 32.1 Å². The Morgan fingerprint density at radius 2 is 1.77 bits per heavy atom. The van der Waals surface area contributed by atoms with Crippen LogP contribution in [0.3, 0.4) is 0 Å². The number of hydrogen-bond acceptors (Lipinski definition) is 4. The van der Waals surface area contributed by atoms with Gasteiger partial charge in [0, 0.05) is 15.9 Å². The van der Waals surface area contributed by atoms with Crippen LogP contribution in [0.5, 0.6) is 0 Å². The van der Waals surface area contributed by atoms with Gasteiger partial charge in [-0.15, -0.1) is 0 Å². The van der Waals surface area contributed by atoms with Crippen molar-refractivity contribution in [2.75, 3.05) is 0 Å². The molecule has 4 saturated carbocycles. The van der Waals surface area contributed by atoms with Crippen LogP contribution in [0.25, 0.3) is 0 Å². The van der Waals surface area contributed by atoms with Crippen molar-refractivity contribution in [3.8, 4) is 0 Å². The monoisotopic (exact) mass is 559 g/mol. The molecule has 31 heavy (non-hydrogen) atoms. The minimum Gasteiger partial charge on any atom is -0.369 e. The number of hydrogen-bond donors (Lipinski definition) is 3. The van der Waals surface area contributed by atoms with Crippen LogP contribution in [0.4, 0.5) is 0 Å². The molecule has 0 spiro atoms. The summed E-state index contributed by atoms with van der Waals surface area (Å²) in [6, 6.07) is 6.78. The van der Waals surface area contributed by atoms with Crippen molar-refractivity contribution in [1.29, 1.82) is 0 Å². The van der Waals surface area contributed by atoms with Crippen molar-refractivity contribution >= 4 is 44.4 Å². The Labute approximate surface area is 197 Å². The lowest BCUT2D eigenvalue weighted by Crippen LogP contribution is -2.65. The summed E-state index contributed by atoms with van der Waals surface area (Å²) in [5, 5.41) is 3.14. The summed E-state index contributed by atoms with van der Waals surface area (Å²) in [6.07, 6.45) is 4.29. The average molecular weight is 559 g/mol. The smallest absolute Gasteiger partial charge is 0.241 e. The number of halogens is 1. The number of amides is 2. The lowest BCUT2D eigenvalue weighted by atomic mass is 9.47. The molecule has 2 unspecified atom stereocenters. The van der Waals surface area contributed by atoms with Crippen LogP contribution in [0.2, 0.25) is 0 Å². The Hall–Kier alpha value is -1.20. The maximum absolute atomic E-state index is 13.2. The summed E-state index contributed by atoms with van der Waals surface area (Å²) in [4.78, 5) is 25.5. The first-order valence-electron chi connectivity index (χ1n) is 10.8. The fraction of sp³-hybridized carbons (Fsp3) is 0.636. The van der Waals surface area contributed by atoms with Gasteiger partial charge in [0.15, 0.2) is 0 Å². The molecule has 7 nitrogen and oxygen atoms in total. The average Bonchev–Trinajstić information content (AvgIpc) is 2.69. The van der Waals surface area contributed by atoms with Crippen molar-refractivity contribution < 1.29 is 18.0 Å². The van der Waals surface area contributed by atoms with E-state index in [9.17, 15) is 18.0 Å². The van der Waals surface area contributed by atoms with E-state index < -0.39 is 21.0 Å². The van der Waals surface area contributed by atoms with E-state index in [1.807, 2.05) is 0 Å². The van der Waals surface area contributed by atoms with Crippen LogP contribution in [0, 0.1) is 23.2 Å². The zero-order valence-electron chi connectivity index (χ0n) is 17.9. The number of sulfonamides is 1. The van der Waals surface area contributed by atoms with Crippen LogP contribution in [0.15, 0.2) is 29.2 Å². The summed E-state index contributed by atoms with van der Waals surface area (Å²) in [5.41, 5.74) is 4.72. The molecule has 0 radical (unpaired) electrons. The highest BCUT2D eigenvalue weighted by atomic mass is 127. The molecule has 2 amide bonds. The second kappa shape index (κ2) is 7.98. The zero-order chi connectivity index (χ0) is 22.6. The SMILES string of the molecule is CC(C)(NS(=O)(=O)c1ccccc1CI)C(=O)NC1C2CC3CC1CC(C(N)=O)(C3)C2. The van der Waals surface area contributed by atoms with E-state index in [4.69, 9.17) is 5.73 Å². The van der Waals surface area contributed by atoms with Gasteiger partial charge in [0.1, 0.15) is 5.54 Å². The minimum absolute atomic E-state index is 0.0399. The molecule has 4 bridgehead atoms. The molecule has 0 heterocycles. The first-order valence-corrected chi connectivity index (χ1v) is 13.8. The normalized spacial score (nSPS) is 32.1. The van der Waals surface area contributed by atoms with Crippen LogP contribution in [0.1, 0.15) is 51.5 Å². The van der Waals surface area contributed by atoms with Gasteiger partial charge in [-0.2, -0.15) is 4.72 Å². The van der Waals surface area contributed by atoms with Gasteiger partial charge in [-0.3, -0.25) is 9.59 Å². The molecular formula is C22H30IN3O4S. The Balaban J connectivity index is 1.49. The molecular weight excluding hydrogens is 529 g/mol. The lowest BCUT2D eigenvalue weighted by molar-refractivity contribution is -0.148. The first kappa shape index (κ1) is 23.0. The van der Waals surface area contributed by atoms with E-state index in [-0.39, 0.29) is 34.6 Å². The molecule has 0 aromatic heterocycles. The molecule has 4 aliphatic rings. The summed E-state index contributed by atoms with van der Waals surface area (Å²) in [5.74, 6) is 0.381. The number of primary amides is 1. The topological polar surface area (TPSA) is 118 Å². The molecule has 2 atom stereocenters. The third-order valence-electron chi connectivity index (χ3n) is 7.46. The number of alkyl halides is 1. The number of nitrogens with one attached hydrogen (secondary N) is 2. The Morgan fingerprint density at radius 3 is 2.35 bits per heavy atom. The van der Waals surface area contributed by atoms with Gasteiger partial charge >= 0.3 is 0 Å². The maximum atomic E-state index is 13.2. The molecule has 1 aromatic carbocycles. The molecule has 5 rings (SSSR count). The predicted molar refractivity (Wildman–Crippen MR) is 126 cm³/mol. The van der Waals surface area contributed by atoms with Gasteiger partial charge in [0.2, 0.25) is 21.8 Å². The molecule has 9 heteroatoms. The summed E-state index contributed by atoms with van der Waals surface area (Å²) < 4.78 is 29.2. The Kier molecular flexibility index (Phi) is 5.92. The first-order chi connectivity index (χ1) is 14.5. The van der Waals surface area contributed by atoms with Gasteiger partial charge in [-0.1, -0.05) is 40.8 Å². The van der Waals surface area contributed by atoms with Crippen LogP contribution in [-0.2, 0) is 24.0 Å². The number of carbonyl (C=O) groups excluding carboxylic acids is 2. The molecule has 1 aromatic rings. The molecule has 4 fully saturated rings. The number of nitrogens with two attached hydrogens (primary N) is 1. The van der Waals surface area contributed by atoms with Crippen LogP contribution < -0.4 is 15.8 Å². The van der Waals surface area contributed by atoms with Gasteiger partial charge in [0.05, 0.1) is 4.90 Å². The second-order valence-electron chi connectivity index (χ2n) is 10.1. The van der Waals surface area contributed by atoms with E-state index >= 15 is 0 Å². The van der Waals surface area contributed by atoms with Gasteiger partial charge in [0.25, 0.3) is 0 Å². The van der Waals surface area contributed by atoms with E-state index in [1.165, 1.54) is 0 Å². The van der Waals surface area contributed by atoms with E-state index in [0.29, 0.717) is 15.9 Å². The molecule has 170 valence electrons. The summed E-state index contributed by atoms with van der Waals surface area (Å²) >= 11 is 2.13. The van der Waals surface area contributed by atoms with Gasteiger partial charge in [-0.25, -0.2) is 8.42 Å². The van der Waals surface area contributed by atoms with E-state index in [2.05, 4.69) is 32.6 Å². The fourth-order valence-electron chi connectivity index (χ4n) is 6.21. The molecule has 0 saturated heterocycles. The highest BCUT2D eigenvalue weighted by Crippen LogP contribution is 2.59. The zero-order valence-corrected chi connectivity index (χ0v) is 20.8. The third kappa shape index (κ3) is 4.13. The molecule has 0 aliphatic heterocycles. The molecule has 4 aliphatic carbocycles. The quantitative estimate of drug-likeness (QED) is 0.352. The Bertz CT molecular complexity index is 994. The predicted octanol–water partition coefficient (Wildman–Crippen LogP) is 2.47. The van der Waals surface area contributed by atoms with Gasteiger partial charge in [-0.05, 0) is 75.3 Å². The van der Waals surface area contributed by atoms with Crippen molar-refractivity contribution in [3.05, 3.63) is 29.8 Å².